The Morgan fingerprint density at radius 3 is 2.15 bits per heavy atom. The van der Waals surface area contributed by atoms with Crippen LogP contribution < -0.4 is 0 Å². The summed E-state index contributed by atoms with van der Waals surface area (Å²) in [5.41, 5.74) is -4.34. The molecular weight excluding hydrogens is 536 g/mol. The van der Waals surface area contributed by atoms with Gasteiger partial charge in [-0.25, -0.2) is 4.79 Å². The highest BCUT2D eigenvalue weighted by atomic mass is 16.6. The SMILES string of the molecule is CC(=O)O[C@H]1C[C@@H](OC(=O)c2ccccc2)[C@@H]2[C@]3(OC(C)=O)CO[C@@H]3C[C@H](O)[C@@]2(C)[C@@H](O)[C@H](O)C(C(C)(C)O)=C1C. The third-order valence-corrected chi connectivity index (χ3v) is 8.93. The third kappa shape index (κ3) is 5.41. The Morgan fingerprint density at radius 1 is 1.00 bits per heavy atom. The normalized spacial score (nSPS) is 37.3. The molecule has 0 amide bonds. The van der Waals surface area contributed by atoms with Gasteiger partial charge in [0.05, 0.1) is 35.9 Å². The Kier molecular flexibility index (Phi) is 8.43. The van der Waals surface area contributed by atoms with E-state index in [4.69, 9.17) is 18.9 Å². The Morgan fingerprint density at radius 2 is 1.63 bits per heavy atom. The summed E-state index contributed by atoms with van der Waals surface area (Å²) in [6, 6.07) is 8.17. The molecule has 1 saturated carbocycles. The molecule has 1 aliphatic heterocycles. The Bertz CT molecular complexity index is 1200. The molecule has 226 valence electrons. The van der Waals surface area contributed by atoms with Crippen LogP contribution in [-0.4, -0.2) is 92.8 Å². The van der Waals surface area contributed by atoms with Crippen molar-refractivity contribution in [3.8, 4) is 0 Å². The topological polar surface area (TPSA) is 169 Å². The number of hydrogen-bond donors (Lipinski definition) is 4. The van der Waals surface area contributed by atoms with E-state index in [9.17, 15) is 34.8 Å². The van der Waals surface area contributed by atoms with Gasteiger partial charge in [0.2, 0.25) is 0 Å². The molecule has 1 aromatic rings. The van der Waals surface area contributed by atoms with E-state index in [1.807, 2.05) is 0 Å². The van der Waals surface area contributed by atoms with Gasteiger partial charge in [-0.1, -0.05) is 25.1 Å². The van der Waals surface area contributed by atoms with Gasteiger partial charge in [0.1, 0.15) is 24.4 Å². The van der Waals surface area contributed by atoms with Crippen LogP contribution in [0.4, 0.5) is 0 Å². The van der Waals surface area contributed by atoms with E-state index in [0.717, 1.165) is 0 Å². The molecule has 1 aromatic carbocycles. The minimum atomic E-state index is -1.75. The first-order valence-electron chi connectivity index (χ1n) is 13.8. The average molecular weight is 577 g/mol. The van der Waals surface area contributed by atoms with E-state index in [1.165, 1.54) is 34.6 Å². The minimum absolute atomic E-state index is 0.00743. The molecule has 11 nitrogen and oxygen atoms in total. The number of carbonyl (C=O) groups excluding carboxylic acids is 3. The third-order valence-electron chi connectivity index (χ3n) is 8.93. The monoisotopic (exact) mass is 576 g/mol. The van der Waals surface area contributed by atoms with E-state index < -0.39 is 77.1 Å². The Labute approximate surface area is 239 Å². The van der Waals surface area contributed by atoms with Gasteiger partial charge in [-0.2, -0.15) is 0 Å². The first-order valence-corrected chi connectivity index (χ1v) is 13.8. The van der Waals surface area contributed by atoms with Gasteiger partial charge in [-0.3, -0.25) is 9.59 Å². The van der Waals surface area contributed by atoms with E-state index >= 15 is 0 Å². The van der Waals surface area contributed by atoms with E-state index in [2.05, 4.69) is 0 Å². The van der Waals surface area contributed by atoms with Crippen molar-refractivity contribution in [3.05, 3.63) is 47.0 Å². The number of esters is 3. The maximum absolute atomic E-state index is 13.5. The molecule has 0 radical (unpaired) electrons. The summed E-state index contributed by atoms with van der Waals surface area (Å²) in [7, 11) is 0. The molecular formula is C30H40O11. The lowest BCUT2D eigenvalue weighted by molar-refractivity contribution is -0.347. The molecule has 1 heterocycles. The van der Waals surface area contributed by atoms with Crippen LogP contribution in [0.3, 0.4) is 0 Å². The smallest absolute Gasteiger partial charge is 0.338 e. The Hall–Kier alpha value is -2.83. The maximum Gasteiger partial charge on any atom is 0.338 e. The van der Waals surface area contributed by atoms with Crippen molar-refractivity contribution >= 4 is 17.9 Å². The van der Waals surface area contributed by atoms with Crippen LogP contribution in [0.2, 0.25) is 0 Å². The fourth-order valence-corrected chi connectivity index (χ4v) is 7.14. The van der Waals surface area contributed by atoms with Crippen molar-refractivity contribution in [1.82, 2.24) is 0 Å². The summed E-state index contributed by atoms with van der Waals surface area (Å²) in [6.07, 6.45) is -8.19. The molecule has 2 aliphatic carbocycles. The summed E-state index contributed by atoms with van der Waals surface area (Å²) in [6.45, 7) is 8.23. The predicted octanol–water partition coefficient (Wildman–Crippen LogP) is 1.44. The lowest BCUT2D eigenvalue weighted by Crippen LogP contribution is -2.78. The first-order chi connectivity index (χ1) is 19.0. The number of aliphatic hydroxyl groups is 4. The predicted molar refractivity (Wildman–Crippen MR) is 143 cm³/mol. The largest absolute Gasteiger partial charge is 0.458 e. The van der Waals surface area contributed by atoms with Crippen LogP contribution in [0.25, 0.3) is 0 Å². The van der Waals surface area contributed by atoms with Crippen LogP contribution in [0, 0.1) is 11.3 Å². The highest BCUT2D eigenvalue weighted by Crippen LogP contribution is 2.59. The highest BCUT2D eigenvalue weighted by molar-refractivity contribution is 5.89. The lowest BCUT2D eigenvalue weighted by Gasteiger charge is -2.64. The molecule has 2 fully saturated rings. The van der Waals surface area contributed by atoms with Crippen LogP contribution in [0.15, 0.2) is 41.5 Å². The molecule has 1 saturated heterocycles. The molecule has 0 spiro atoms. The van der Waals surface area contributed by atoms with E-state index in [1.54, 1.807) is 37.3 Å². The standard InChI is InChI=1S/C30H40O11/c1-15-19(39-16(2)31)12-20(40-27(36)18-10-8-7-9-11-18)25-29(6,26(35)24(34)23(15)28(4,5)37)21(33)13-22-30(25,14-38-22)41-17(3)32/h7-11,19-22,24-26,33-35,37H,12-14H2,1-6H3/t19-,20+,21-,22+,24+,25-,26-,29+,30-/m0/s1. The summed E-state index contributed by atoms with van der Waals surface area (Å²) in [5, 5.41) is 46.3. The number of benzene rings is 1. The summed E-state index contributed by atoms with van der Waals surface area (Å²) < 4.78 is 23.4. The number of rotatable bonds is 5. The average Bonchev–Trinajstić information content (AvgIpc) is 2.89. The number of carbonyl (C=O) groups is 3. The zero-order valence-corrected chi connectivity index (χ0v) is 24.2. The van der Waals surface area contributed by atoms with Gasteiger partial charge < -0.3 is 39.4 Å². The van der Waals surface area contributed by atoms with Gasteiger partial charge in [-0.15, -0.1) is 0 Å². The molecule has 0 unspecified atom stereocenters. The molecule has 0 bridgehead atoms. The summed E-state index contributed by atoms with van der Waals surface area (Å²) in [4.78, 5) is 38.2. The number of ether oxygens (including phenoxy) is 4. The van der Waals surface area contributed by atoms with Crippen LogP contribution in [-0.2, 0) is 28.5 Å². The second-order valence-corrected chi connectivity index (χ2v) is 12.1. The van der Waals surface area contributed by atoms with Gasteiger partial charge >= 0.3 is 17.9 Å². The second-order valence-electron chi connectivity index (χ2n) is 12.1. The van der Waals surface area contributed by atoms with E-state index in [0.29, 0.717) is 0 Å². The maximum atomic E-state index is 13.5. The van der Waals surface area contributed by atoms with Crippen molar-refractivity contribution in [2.45, 2.75) is 102 Å². The van der Waals surface area contributed by atoms with Crippen molar-refractivity contribution in [2.24, 2.45) is 11.3 Å². The zero-order valence-electron chi connectivity index (χ0n) is 24.2. The molecule has 4 rings (SSSR count). The summed E-state index contributed by atoms with van der Waals surface area (Å²) in [5.74, 6) is -3.18. The number of hydrogen-bond acceptors (Lipinski definition) is 11. The first kappa shape index (κ1) is 31.1. The van der Waals surface area contributed by atoms with Crippen molar-refractivity contribution < 1.29 is 53.8 Å². The lowest BCUT2D eigenvalue weighted by atomic mass is 9.51. The highest BCUT2D eigenvalue weighted by Gasteiger charge is 2.72. The van der Waals surface area contributed by atoms with Crippen LogP contribution in [0.1, 0.15) is 64.7 Å². The fourth-order valence-electron chi connectivity index (χ4n) is 7.14. The summed E-state index contributed by atoms with van der Waals surface area (Å²) >= 11 is 0. The molecule has 41 heavy (non-hydrogen) atoms. The Balaban J connectivity index is 1.98. The van der Waals surface area contributed by atoms with Crippen molar-refractivity contribution in [1.29, 1.82) is 0 Å². The fraction of sp³-hybridized carbons (Fsp3) is 0.633. The van der Waals surface area contributed by atoms with Gasteiger partial charge in [0.15, 0.2) is 5.60 Å². The molecule has 4 N–H and O–H groups in total. The number of aliphatic hydroxyl groups excluding tert-OH is 3. The number of fused-ring (bicyclic) bond motifs is 3. The van der Waals surface area contributed by atoms with Crippen LogP contribution >= 0.6 is 0 Å². The molecule has 11 heteroatoms. The molecule has 0 aromatic heterocycles. The quantitative estimate of drug-likeness (QED) is 0.227. The van der Waals surface area contributed by atoms with Crippen LogP contribution in [0.5, 0.6) is 0 Å². The molecule has 9 atom stereocenters. The second kappa shape index (κ2) is 11.1. The van der Waals surface area contributed by atoms with Crippen molar-refractivity contribution in [3.63, 3.8) is 0 Å². The minimum Gasteiger partial charge on any atom is -0.458 e. The van der Waals surface area contributed by atoms with Gasteiger partial charge in [0, 0.05) is 32.1 Å². The molecule has 3 aliphatic rings. The van der Waals surface area contributed by atoms with E-state index in [-0.39, 0.29) is 36.2 Å². The van der Waals surface area contributed by atoms with Gasteiger partial charge in [0.25, 0.3) is 0 Å². The zero-order chi connectivity index (χ0) is 30.5. The van der Waals surface area contributed by atoms with Gasteiger partial charge in [-0.05, 0) is 44.1 Å². The van der Waals surface area contributed by atoms with Crippen molar-refractivity contribution in [2.75, 3.05) is 6.61 Å².